The van der Waals surface area contributed by atoms with Crippen molar-refractivity contribution in [2.24, 2.45) is 4.99 Å². The van der Waals surface area contributed by atoms with Gasteiger partial charge in [-0.25, -0.2) is 9.98 Å². The Hall–Kier alpha value is -3.03. The molecule has 0 spiro atoms. The van der Waals surface area contributed by atoms with Gasteiger partial charge in [0, 0.05) is 17.3 Å². The Morgan fingerprint density at radius 3 is 2.76 bits per heavy atom. The van der Waals surface area contributed by atoms with E-state index < -0.39 is 6.17 Å². The number of nitrogens with one attached hydrogen (secondary N) is 2. The standard InChI is InChI=1S/C20H17Cl2N5O2/c1-11-10-16(28)27-18(12-6-3-4-9-15(12)29-2)25-19(26-20(27)23-11)24-14-8-5-7-13(21)17(14)22/h3-10,18H,1-2H3,(H2,23,24,25,26)/t18-/m1/s1. The minimum absolute atomic E-state index is 0.223. The quantitative estimate of drug-likeness (QED) is 0.648. The first-order valence-corrected chi connectivity index (χ1v) is 9.52. The van der Waals surface area contributed by atoms with Crippen molar-refractivity contribution in [3.8, 4) is 5.75 Å². The molecular weight excluding hydrogens is 413 g/mol. The Morgan fingerprint density at radius 1 is 1.17 bits per heavy atom. The van der Waals surface area contributed by atoms with E-state index in [1.165, 1.54) is 10.6 Å². The molecule has 0 aliphatic carbocycles. The normalized spacial score (nSPS) is 15.2. The first-order chi connectivity index (χ1) is 14.0. The van der Waals surface area contributed by atoms with Gasteiger partial charge in [-0.2, -0.15) is 0 Å². The molecule has 0 radical (unpaired) electrons. The number of hydrogen-bond acceptors (Lipinski definition) is 6. The molecule has 2 N–H and O–H groups in total. The first-order valence-electron chi connectivity index (χ1n) is 8.77. The number of guanidine groups is 1. The third-order valence-electron chi connectivity index (χ3n) is 4.43. The van der Waals surface area contributed by atoms with E-state index in [2.05, 4.69) is 15.6 Å². The summed E-state index contributed by atoms with van der Waals surface area (Å²) >= 11 is 12.4. The summed E-state index contributed by atoms with van der Waals surface area (Å²) in [5, 5.41) is 6.98. The number of nitrogens with zero attached hydrogens (tertiary/aromatic N) is 3. The molecule has 4 rings (SSSR count). The Kier molecular flexibility index (Phi) is 5.17. The van der Waals surface area contributed by atoms with Crippen LogP contribution in [0.4, 0.5) is 11.6 Å². The second-order valence-corrected chi connectivity index (χ2v) is 7.16. The van der Waals surface area contributed by atoms with Crippen LogP contribution < -0.4 is 20.9 Å². The fourth-order valence-electron chi connectivity index (χ4n) is 3.13. The van der Waals surface area contributed by atoms with Crippen LogP contribution in [0.1, 0.15) is 17.4 Å². The number of benzene rings is 2. The van der Waals surface area contributed by atoms with E-state index in [1.807, 2.05) is 24.3 Å². The van der Waals surface area contributed by atoms with E-state index >= 15 is 0 Å². The van der Waals surface area contributed by atoms with Crippen molar-refractivity contribution in [2.75, 3.05) is 17.7 Å². The van der Waals surface area contributed by atoms with E-state index in [0.29, 0.717) is 39.1 Å². The van der Waals surface area contributed by atoms with Crippen LogP contribution in [0.2, 0.25) is 10.0 Å². The number of anilines is 2. The maximum atomic E-state index is 12.7. The third-order valence-corrected chi connectivity index (χ3v) is 5.25. The molecule has 0 unspecified atom stereocenters. The summed E-state index contributed by atoms with van der Waals surface area (Å²) in [5.74, 6) is 1.35. The highest BCUT2D eigenvalue weighted by molar-refractivity contribution is 6.44. The fourth-order valence-corrected chi connectivity index (χ4v) is 3.48. The second-order valence-electron chi connectivity index (χ2n) is 6.37. The smallest absolute Gasteiger partial charge is 0.257 e. The van der Waals surface area contributed by atoms with Gasteiger partial charge in [-0.1, -0.05) is 47.5 Å². The molecule has 0 amide bonds. The van der Waals surface area contributed by atoms with Crippen molar-refractivity contribution in [1.29, 1.82) is 0 Å². The molecule has 0 saturated carbocycles. The van der Waals surface area contributed by atoms with Crippen molar-refractivity contribution in [1.82, 2.24) is 9.55 Å². The van der Waals surface area contributed by atoms with Crippen molar-refractivity contribution in [2.45, 2.75) is 13.1 Å². The zero-order chi connectivity index (χ0) is 20.5. The summed E-state index contributed by atoms with van der Waals surface area (Å²) in [5.41, 5.74) is 1.67. The molecule has 1 aliphatic heterocycles. The van der Waals surface area contributed by atoms with Crippen LogP contribution in [0.25, 0.3) is 0 Å². The minimum Gasteiger partial charge on any atom is -0.496 e. The molecule has 29 heavy (non-hydrogen) atoms. The minimum atomic E-state index is -0.677. The molecule has 0 fully saturated rings. The number of halogens is 2. The van der Waals surface area contributed by atoms with Crippen LogP contribution in [0.5, 0.6) is 5.75 Å². The van der Waals surface area contributed by atoms with Gasteiger partial charge in [0.2, 0.25) is 11.9 Å². The molecule has 0 saturated heterocycles. The van der Waals surface area contributed by atoms with Crippen LogP contribution in [0, 0.1) is 6.92 Å². The van der Waals surface area contributed by atoms with Crippen molar-refractivity contribution >= 4 is 40.8 Å². The number of rotatable bonds is 3. The summed E-state index contributed by atoms with van der Waals surface area (Å²) in [4.78, 5) is 21.9. The predicted molar refractivity (Wildman–Crippen MR) is 116 cm³/mol. The van der Waals surface area contributed by atoms with E-state index in [9.17, 15) is 4.79 Å². The SMILES string of the molecule is COc1ccccc1[C@@H]1N=C(Nc2cccc(Cl)c2Cl)Nc2nc(C)cc(=O)n21. The maximum Gasteiger partial charge on any atom is 0.257 e. The Morgan fingerprint density at radius 2 is 1.97 bits per heavy atom. The summed E-state index contributed by atoms with van der Waals surface area (Å²) in [6.45, 7) is 1.76. The van der Waals surface area contributed by atoms with Gasteiger partial charge in [0.15, 0.2) is 6.17 Å². The average molecular weight is 430 g/mol. The number of aliphatic imine (C=N–C) groups is 1. The Balaban J connectivity index is 1.85. The number of fused-ring (bicyclic) bond motifs is 1. The summed E-state index contributed by atoms with van der Waals surface area (Å²) in [6.07, 6.45) is -0.677. The molecule has 2 heterocycles. The summed E-state index contributed by atoms with van der Waals surface area (Å²) in [7, 11) is 1.58. The lowest BCUT2D eigenvalue weighted by atomic mass is 10.1. The van der Waals surface area contributed by atoms with Crippen LogP contribution in [0.15, 0.2) is 58.3 Å². The van der Waals surface area contributed by atoms with Gasteiger partial charge in [-0.15, -0.1) is 0 Å². The number of hydrogen-bond donors (Lipinski definition) is 2. The van der Waals surface area contributed by atoms with Crippen molar-refractivity contribution in [3.63, 3.8) is 0 Å². The highest BCUT2D eigenvalue weighted by Crippen LogP contribution is 2.33. The van der Waals surface area contributed by atoms with Gasteiger partial charge in [-0.05, 0) is 25.1 Å². The number of ether oxygens (including phenoxy) is 1. The zero-order valence-electron chi connectivity index (χ0n) is 15.6. The number of aryl methyl sites for hydroxylation is 1. The van der Waals surface area contributed by atoms with E-state index in [1.54, 1.807) is 32.2 Å². The van der Waals surface area contributed by atoms with Crippen LogP contribution in [0.3, 0.4) is 0 Å². The lowest BCUT2D eigenvalue weighted by Crippen LogP contribution is -2.37. The molecule has 7 nitrogen and oxygen atoms in total. The Bertz CT molecular complexity index is 1180. The molecule has 1 atom stereocenters. The van der Waals surface area contributed by atoms with Gasteiger partial charge < -0.3 is 10.1 Å². The number of para-hydroxylation sites is 1. The van der Waals surface area contributed by atoms with Crippen LogP contribution in [-0.2, 0) is 0 Å². The maximum absolute atomic E-state index is 12.7. The average Bonchev–Trinajstić information content (AvgIpc) is 2.70. The lowest BCUT2D eigenvalue weighted by Gasteiger charge is -2.28. The molecule has 148 valence electrons. The monoisotopic (exact) mass is 429 g/mol. The summed E-state index contributed by atoms with van der Waals surface area (Å²) in [6, 6.07) is 14.1. The van der Waals surface area contributed by atoms with E-state index in [-0.39, 0.29) is 5.56 Å². The predicted octanol–water partition coefficient (Wildman–Crippen LogP) is 4.31. The molecule has 1 aliphatic rings. The lowest BCUT2D eigenvalue weighted by molar-refractivity contribution is 0.401. The molecule has 1 aromatic heterocycles. The zero-order valence-corrected chi connectivity index (χ0v) is 17.1. The van der Waals surface area contributed by atoms with Crippen molar-refractivity contribution < 1.29 is 4.74 Å². The van der Waals surface area contributed by atoms with Gasteiger partial charge in [0.05, 0.1) is 22.8 Å². The largest absolute Gasteiger partial charge is 0.496 e. The van der Waals surface area contributed by atoms with E-state index in [4.69, 9.17) is 32.9 Å². The van der Waals surface area contributed by atoms with Gasteiger partial charge in [0.1, 0.15) is 5.75 Å². The molecule has 3 aromatic rings. The van der Waals surface area contributed by atoms with Crippen LogP contribution in [-0.4, -0.2) is 22.6 Å². The second kappa shape index (κ2) is 7.77. The Labute approximate surface area is 177 Å². The third kappa shape index (κ3) is 3.66. The topological polar surface area (TPSA) is 80.5 Å². The summed E-state index contributed by atoms with van der Waals surface area (Å²) < 4.78 is 6.96. The highest BCUT2D eigenvalue weighted by atomic mass is 35.5. The van der Waals surface area contributed by atoms with Gasteiger partial charge >= 0.3 is 0 Å². The van der Waals surface area contributed by atoms with E-state index in [0.717, 1.165) is 5.56 Å². The highest BCUT2D eigenvalue weighted by Gasteiger charge is 2.27. The molecular formula is C20H17Cl2N5O2. The van der Waals surface area contributed by atoms with Crippen LogP contribution >= 0.6 is 23.2 Å². The molecule has 0 bridgehead atoms. The molecule has 9 heteroatoms. The fraction of sp³-hybridized carbons (Fsp3) is 0.150. The van der Waals surface area contributed by atoms with Gasteiger partial charge in [-0.3, -0.25) is 14.7 Å². The number of aromatic nitrogens is 2. The number of methoxy groups -OCH3 is 1. The molecule has 2 aromatic carbocycles. The van der Waals surface area contributed by atoms with Gasteiger partial charge in [0.25, 0.3) is 5.56 Å². The first kappa shape index (κ1) is 19.3. The van der Waals surface area contributed by atoms with Crippen molar-refractivity contribution in [3.05, 3.63) is 80.2 Å².